The summed E-state index contributed by atoms with van der Waals surface area (Å²) < 4.78 is 5.45. The molecule has 130 valence electrons. The van der Waals surface area contributed by atoms with Crippen LogP contribution in [-0.2, 0) is 11.3 Å². The molecule has 3 heterocycles. The molecule has 0 aromatic carbocycles. The van der Waals surface area contributed by atoms with Crippen molar-refractivity contribution in [1.82, 2.24) is 9.88 Å². The maximum Gasteiger partial charge on any atom is 0.258 e. The van der Waals surface area contributed by atoms with Crippen molar-refractivity contribution in [2.75, 3.05) is 25.1 Å². The third kappa shape index (κ3) is 2.78. The van der Waals surface area contributed by atoms with Crippen molar-refractivity contribution in [3.8, 4) is 0 Å². The summed E-state index contributed by atoms with van der Waals surface area (Å²) in [6.07, 6.45) is 4.68. The lowest BCUT2D eigenvalue weighted by Gasteiger charge is -2.33. The number of hydrogen-bond acceptors (Lipinski definition) is 4. The molecule has 4 rings (SSSR count). The van der Waals surface area contributed by atoms with Crippen molar-refractivity contribution in [1.29, 1.82) is 0 Å². The number of amides is 1. The number of hydrogen-bond donors (Lipinski definition) is 0. The Labute approximate surface area is 147 Å². The smallest absolute Gasteiger partial charge is 0.258 e. The highest BCUT2D eigenvalue weighted by Gasteiger charge is 2.41. The molecule has 24 heavy (non-hydrogen) atoms. The molecule has 0 spiro atoms. The summed E-state index contributed by atoms with van der Waals surface area (Å²) in [5.41, 5.74) is 1.79. The minimum Gasteiger partial charge on any atom is -0.381 e. The number of carbonyl (C=O) groups is 1. The predicted octanol–water partition coefficient (Wildman–Crippen LogP) is 3.10. The SMILES string of the molecule is COC1CCN(c2nc(Cl)cc3c2C(=O)N([C@@H](C)C2CC2)C3)CC1. The Morgan fingerprint density at radius 3 is 2.62 bits per heavy atom. The number of piperidine rings is 1. The van der Waals surface area contributed by atoms with Crippen molar-refractivity contribution in [2.24, 2.45) is 5.92 Å². The zero-order valence-electron chi connectivity index (χ0n) is 14.3. The molecule has 0 N–H and O–H groups in total. The Bertz CT molecular complexity index is 654. The van der Waals surface area contributed by atoms with Gasteiger partial charge in [0.15, 0.2) is 0 Å². The van der Waals surface area contributed by atoms with E-state index in [-0.39, 0.29) is 5.91 Å². The highest BCUT2D eigenvalue weighted by atomic mass is 35.5. The molecule has 0 radical (unpaired) electrons. The minimum absolute atomic E-state index is 0.123. The van der Waals surface area contributed by atoms with E-state index in [1.165, 1.54) is 12.8 Å². The summed E-state index contributed by atoms with van der Waals surface area (Å²) in [4.78, 5) is 21.8. The molecular formula is C18H24ClN3O2. The topological polar surface area (TPSA) is 45.7 Å². The molecule has 1 aromatic heterocycles. The van der Waals surface area contributed by atoms with E-state index in [1.54, 1.807) is 7.11 Å². The maximum absolute atomic E-state index is 13.1. The first kappa shape index (κ1) is 16.2. The molecule has 1 aromatic rings. The van der Waals surface area contributed by atoms with Gasteiger partial charge in [0.05, 0.1) is 11.7 Å². The van der Waals surface area contributed by atoms with E-state index in [0.29, 0.717) is 29.8 Å². The number of fused-ring (bicyclic) bond motifs is 1. The van der Waals surface area contributed by atoms with Crippen molar-refractivity contribution in [3.63, 3.8) is 0 Å². The third-order valence-electron chi connectivity index (χ3n) is 5.74. The van der Waals surface area contributed by atoms with Crippen molar-refractivity contribution >= 4 is 23.3 Å². The van der Waals surface area contributed by atoms with Crippen LogP contribution in [0.15, 0.2) is 6.07 Å². The lowest BCUT2D eigenvalue weighted by Crippen LogP contribution is -2.39. The number of aromatic nitrogens is 1. The summed E-state index contributed by atoms with van der Waals surface area (Å²) in [6, 6.07) is 2.16. The van der Waals surface area contributed by atoms with E-state index in [0.717, 1.165) is 42.9 Å². The number of methoxy groups -OCH3 is 1. The van der Waals surface area contributed by atoms with Crippen LogP contribution in [0.4, 0.5) is 5.82 Å². The van der Waals surface area contributed by atoms with Crippen LogP contribution in [0.5, 0.6) is 0 Å². The minimum atomic E-state index is 0.123. The number of anilines is 1. The van der Waals surface area contributed by atoms with Crippen LogP contribution in [0.2, 0.25) is 5.15 Å². The van der Waals surface area contributed by atoms with Gasteiger partial charge < -0.3 is 14.5 Å². The van der Waals surface area contributed by atoms with E-state index in [9.17, 15) is 4.79 Å². The van der Waals surface area contributed by atoms with Crippen LogP contribution in [0.3, 0.4) is 0 Å². The standard InChI is InChI=1S/C18H24ClN3O2/c1-11(12-3-4-12)22-10-13-9-15(19)20-17(16(13)18(22)23)21-7-5-14(24-2)6-8-21/h9,11-12,14H,3-8,10H2,1-2H3/t11-/m0/s1. The molecule has 2 fully saturated rings. The van der Waals surface area contributed by atoms with Crippen LogP contribution in [0.25, 0.3) is 0 Å². The number of rotatable bonds is 4. The van der Waals surface area contributed by atoms with E-state index < -0.39 is 0 Å². The molecule has 0 unspecified atom stereocenters. The predicted molar refractivity (Wildman–Crippen MR) is 93.6 cm³/mol. The number of carbonyl (C=O) groups excluding carboxylic acids is 1. The van der Waals surface area contributed by atoms with Gasteiger partial charge in [0.25, 0.3) is 5.91 Å². The van der Waals surface area contributed by atoms with E-state index in [4.69, 9.17) is 16.3 Å². The van der Waals surface area contributed by atoms with Gasteiger partial charge in [-0.1, -0.05) is 11.6 Å². The van der Waals surface area contributed by atoms with E-state index >= 15 is 0 Å². The van der Waals surface area contributed by atoms with Gasteiger partial charge in [0, 0.05) is 32.8 Å². The Morgan fingerprint density at radius 2 is 2.00 bits per heavy atom. The summed E-state index contributed by atoms with van der Waals surface area (Å²) in [6.45, 7) is 4.53. The molecule has 5 nitrogen and oxygen atoms in total. The zero-order valence-corrected chi connectivity index (χ0v) is 15.1. The second kappa shape index (κ2) is 6.19. The highest BCUT2D eigenvalue weighted by Crippen LogP contribution is 2.40. The van der Waals surface area contributed by atoms with Gasteiger partial charge in [-0.25, -0.2) is 4.98 Å². The van der Waals surface area contributed by atoms with E-state index in [1.807, 2.05) is 11.0 Å². The molecular weight excluding hydrogens is 326 g/mol. The average molecular weight is 350 g/mol. The summed E-state index contributed by atoms with van der Waals surface area (Å²) >= 11 is 6.26. The second-order valence-corrected chi connectivity index (χ2v) is 7.62. The first-order chi connectivity index (χ1) is 11.6. The highest BCUT2D eigenvalue weighted by molar-refractivity contribution is 6.29. The lowest BCUT2D eigenvalue weighted by molar-refractivity contribution is 0.0697. The molecule has 2 aliphatic heterocycles. The van der Waals surface area contributed by atoms with Crippen LogP contribution in [-0.4, -0.2) is 48.1 Å². The molecule has 6 heteroatoms. The van der Waals surface area contributed by atoms with Gasteiger partial charge in [-0.15, -0.1) is 0 Å². The quantitative estimate of drug-likeness (QED) is 0.783. The Kier molecular flexibility index (Phi) is 4.17. The molecule has 0 bridgehead atoms. The zero-order chi connectivity index (χ0) is 16.8. The second-order valence-electron chi connectivity index (χ2n) is 7.24. The van der Waals surface area contributed by atoms with Gasteiger partial charge in [0.1, 0.15) is 11.0 Å². The molecule has 1 atom stereocenters. The van der Waals surface area contributed by atoms with Crippen LogP contribution in [0.1, 0.15) is 48.5 Å². The van der Waals surface area contributed by atoms with Crippen molar-refractivity contribution < 1.29 is 9.53 Å². The molecule has 1 aliphatic carbocycles. The number of pyridine rings is 1. The van der Waals surface area contributed by atoms with Crippen LogP contribution < -0.4 is 4.90 Å². The number of ether oxygens (including phenoxy) is 1. The van der Waals surface area contributed by atoms with E-state index in [2.05, 4.69) is 16.8 Å². The normalized spacial score (nSPS) is 22.9. The summed E-state index contributed by atoms with van der Waals surface area (Å²) in [5.74, 6) is 1.55. The van der Waals surface area contributed by atoms with Crippen molar-refractivity contribution in [2.45, 2.75) is 51.3 Å². The number of halogens is 1. The first-order valence-corrected chi connectivity index (χ1v) is 9.24. The largest absolute Gasteiger partial charge is 0.381 e. The molecule has 3 aliphatic rings. The molecule has 1 amide bonds. The molecule has 1 saturated heterocycles. The summed E-state index contributed by atoms with van der Waals surface area (Å²) in [7, 11) is 1.76. The lowest BCUT2D eigenvalue weighted by atomic mass is 10.1. The average Bonchev–Trinajstić information content (AvgIpc) is 3.38. The summed E-state index contributed by atoms with van der Waals surface area (Å²) in [5, 5.41) is 0.478. The van der Waals surface area contributed by atoms with Gasteiger partial charge >= 0.3 is 0 Å². The van der Waals surface area contributed by atoms with Gasteiger partial charge in [-0.3, -0.25) is 4.79 Å². The third-order valence-corrected chi connectivity index (χ3v) is 5.93. The van der Waals surface area contributed by atoms with Crippen molar-refractivity contribution in [3.05, 3.63) is 22.3 Å². The Balaban J connectivity index is 1.62. The fraction of sp³-hybridized carbons (Fsp3) is 0.667. The van der Waals surface area contributed by atoms with Gasteiger partial charge in [0.2, 0.25) is 0 Å². The number of nitrogens with zero attached hydrogens (tertiary/aromatic N) is 3. The fourth-order valence-electron chi connectivity index (χ4n) is 4.00. The van der Waals surface area contributed by atoms with Gasteiger partial charge in [-0.05, 0) is 50.2 Å². The van der Waals surface area contributed by atoms with Crippen LogP contribution in [0, 0.1) is 5.92 Å². The Morgan fingerprint density at radius 1 is 1.29 bits per heavy atom. The maximum atomic E-state index is 13.1. The van der Waals surface area contributed by atoms with Crippen LogP contribution >= 0.6 is 11.6 Å². The fourth-order valence-corrected chi connectivity index (χ4v) is 4.21. The first-order valence-electron chi connectivity index (χ1n) is 8.86. The monoisotopic (exact) mass is 349 g/mol. The van der Waals surface area contributed by atoms with Gasteiger partial charge in [-0.2, -0.15) is 0 Å². The molecule has 1 saturated carbocycles. The Hall–Kier alpha value is -1.33.